The van der Waals surface area contributed by atoms with Crippen LogP contribution >= 0.6 is 0 Å². The van der Waals surface area contributed by atoms with Crippen LogP contribution in [-0.4, -0.2) is 21.4 Å². The molecule has 9 heteroatoms. The number of benzene rings is 1. The smallest absolute Gasteiger partial charge is 0.425 e. The van der Waals surface area contributed by atoms with Gasteiger partial charge in [-0.05, 0) is 36.4 Å². The van der Waals surface area contributed by atoms with Crippen LogP contribution in [0.15, 0.2) is 51.6 Å². The highest BCUT2D eigenvalue weighted by atomic mass is 19.4. The molecule has 0 fully saturated rings. The van der Waals surface area contributed by atoms with E-state index in [1.807, 2.05) is 0 Å². The Balaban J connectivity index is 1.91. The average molecular weight is 342 g/mol. The van der Waals surface area contributed by atoms with Gasteiger partial charge in [-0.25, -0.2) is 4.39 Å². The van der Waals surface area contributed by atoms with E-state index in [-0.39, 0.29) is 11.7 Å². The average Bonchev–Trinajstić information content (AvgIpc) is 3.18. The number of hydrogen-bond acceptors (Lipinski definition) is 5. The van der Waals surface area contributed by atoms with Crippen LogP contribution in [0.5, 0.6) is 0 Å². The number of alkyl halides is 3. The largest absolute Gasteiger partial charge is 0.466 e. The molecule has 24 heavy (non-hydrogen) atoms. The van der Waals surface area contributed by atoms with Crippen LogP contribution in [0.25, 0.3) is 11.5 Å². The minimum Gasteiger partial charge on any atom is -0.466 e. The Morgan fingerprint density at radius 3 is 2.38 bits per heavy atom. The molecule has 0 aliphatic carbocycles. The lowest BCUT2D eigenvalue weighted by Gasteiger charge is -2.27. The third-order valence-electron chi connectivity index (χ3n) is 3.37. The predicted octanol–water partition coefficient (Wildman–Crippen LogP) is 3.46. The van der Waals surface area contributed by atoms with E-state index >= 15 is 0 Å². The molecule has 1 atom stereocenters. The molecule has 0 amide bonds. The molecule has 3 rings (SSSR count). The molecular formula is C15H10F4N2O3. The number of nitrogens with zero attached hydrogens (tertiary/aromatic N) is 2. The summed E-state index contributed by atoms with van der Waals surface area (Å²) < 4.78 is 62.3. The molecule has 3 aromatic rings. The van der Waals surface area contributed by atoms with Crippen molar-refractivity contribution in [3.63, 3.8) is 0 Å². The molecule has 2 heterocycles. The number of rotatable bonds is 4. The highest BCUT2D eigenvalue weighted by Crippen LogP contribution is 2.41. The number of furan rings is 1. The number of aromatic nitrogens is 2. The molecule has 0 aliphatic heterocycles. The molecule has 1 aromatic carbocycles. The van der Waals surface area contributed by atoms with Crippen LogP contribution in [0.2, 0.25) is 0 Å². The molecule has 0 saturated carbocycles. The van der Waals surface area contributed by atoms with Crippen molar-refractivity contribution in [1.29, 1.82) is 0 Å². The van der Waals surface area contributed by atoms with Crippen LogP contribution in [0.1, 0.15) is 11.6 Å². The zero-order valence-electron chi connectivity index (χ0n) is 11.9. The van der Waals surface area contributed by atoms with Crippen LogP contribution in [-0.2, 0) is 12.0 Å². The normalized spacial score (nSPS) is 14.5. The second-order valence-corrected chi connectivity index (χ2v) is 5.03. The maximum atomic E-state index is 13.3. The van der Waals surface area contributed by atoms with E-state index < -0.39 is 29.8 Å². The summed E-state index contributed by atoms with van der Waals surface area (Å²) >= 11 is 0. The van der Waals surface area contributed by atoms with Crippen molar-refractivity contribution in [2.75, 3.05) is 0 Å². The Kier molecular flexibility index (Phi) is 3.88. The van der Waals surface area contributed by atoms with Gasteiger partial charge in [0, 0.05) is 5.56 Å². The highest BCUT2D eigenvalue weighted by Gasteiger charge is 2.57. The van der Waals surface area contributed by atoms with Gasteiger partial charge in [0.1, 0.15) is 11.6 Å². The lowest BCUT2D eigenvalue weighted by molar-refractivity contribution is -0.272. The van der Waals surface area contributed by atoms with Gasteiger partial charge in [-0.1, -0.05) is 5.16 Å². The van der Waals surface area contributed by atoms with E-state index in [2.05, 4.69) is 10.1 Å². The first-order chi connectivity index (χ1) is 11.3. The van der Waals surface area contributed by atoms with Gasteiger partial charge < -0.3 is 14.0 Å². The van der Waals surface area contributed by atoms with Crippen LogP contribution < -0.4 is 0 Å². The molecule has 0 saturated heterocycles. The molecular weight excluding hydrogens is 332 g/mol. The molecule has 0 bridgehead atoms. The fraction of sp³-hybridized carbons (Fsp3) is 0.200. The van der Waals surface area contributed by atoms with Crippen molar-refractivity contribution in [3.8, 4) is 11.5 Å². The third kappa shape index (κ3) is 2.90. The summed E-state index contributed by atoms with van der Waals surface area (Å²) in [5.74, 6) is -1.62. The van der Waals surface area contributed by atoms with E-state index in [0.29, 0.717) is 5.56 Å². The molecule has 2 aromatic heterocycles. The number of hydrogen-bond donors (Lipinski definition) is 1. The fourth-order valence-electron chi connectivity index (χ4n) is 2.11. The van der Waals surface area contributed by atoms with Gasteiger partial charge in [-0.2, -0.15) is 18.2 Å². The number of aliphatic hydroxyl groups is 1. The maximum Gasteiger partial charge on any atom is 0.425 e. The summed E-state index contributed by atoms with van der Waals surface area (Å²) in [5.41, 5.74) is -2.95. The van der Waals surface area contributed by atoms with Crippen molar-refractivity contribution in [1.82, 2.24) is 10.1 Å². The summed E-state index contributed by atoms with van der Waals surface area (Å²) in [6.07, 6.45) is -4.98. The molecule has 1 N–H and O–H groups in total. The molecule has 1 unspecified atom stereocenters. The van der Waals surface area contributed by atoms with Gasteiger partial charge in [0.2, 0.25) is 5.60 Å². The predicted molar refractivity (Wildman–Crippen MR) is 72.1 cm³/mol. The van der Waals surface area contributed by atoms with E-state index in [1.54, 1.807) is 0 Å². The zero-order chi connectivity index (χ0) is 17.4. The molecule has 5 nitrogen and oxygen atoms in total. The fourth-order valence-corrected chi connectivity index (χ4v) is 2.11. The Bertz CT molecular complexity index is 812. The first kappa shape index (κ1) is 16.2. The minimum absolute atomic E-state index is 0.0889. The third-order valence-corrected chi connectivity index (χ3v) is 3.37. The topological polar surface area (TPSA) is 72.3 Å². The second kappa shape index (κ2) is 5.75. The summed E-state index contributed by atoms with van der Waals surface area (Å²) in [7, 11) is 0. The Labute approximate surface area is 132 Å². The van der Waals surface area contributed by atoms with Crippen molar-refractivity contribution in [2.24, 2.45) is 0 Å². The standard InChI is InChI=1S/C15H10F4N2O3/c16-10-5-3-9(4-6-10)13-20-12(21-24-13)8-14(22,15(17,18)19)11-2-1-7-23-11/h1-7,22H,8H2. The van der Waals surface area contributed by atoms with Gasteiger partial charge in [0.25, 0.3) is 5.89 Å². The monoisotopic (exact) mass is 342 g/mol. The van der Waals surface area contributed by atoms with Crippen LogP contribution in [0, 0.1) is 5.82 Å². The summed E-state index contributed by atoms with van der Waals surface area (Å²) in [4.78, 5) is 3.82. The highest BCUT2D eigenvalue weighted by molar-refractivity contribution is 5.52. The SMILES string of the molecule is OC(Cc1noc(-c2ccc(F)cc2)n1)(c1ccco1)C(F)(F)F. The van der Waals surface area contributed by atoms with E-state index in [0.717, 1.165) is 24.5 Å². The minimum atomic E-state index is -5.01. The van der Waals surface area contributed by atoms with Gasteiger partial charge in [0.15, 0.2) is 5.82 Å². The molecule has 0 spiro atoms. The Morgan fingerprint density at radius 2 is 1.79 bits per heavy atom. The molecule has 0 aliphatic rings. The van der Waals surface area contributed by atoms with Crippen LogP contribution in [0.3, 0.4) is 0 Å². The first-order valence-electron chi connectivity index (χ1n) is 6.71. The Morgan fingerprint density at radius 1 is 1.08 bits per heavy atom. The molecule has 126 valence electrons. The Hall–Kier alpha value is -2.68. The van der Waals surface area contributed by atoms with E-state index in [1.165, 1.54) is 18.2 Å². The van der Waals surface area contributed by atoms with Gasteiger partial charge in [-0.3, -0.25) is 0 Å². The summed E-state index contributed by atoms with van der Waals surface area (Å²) in [5, 5.41) is 13.5. The van der Waals surface area contributed by atoms with Crippen molar-refractivity contribution >= 4 is 0 Å². The second-order valence-electron chi connectivity index (χ2n) is 5.03. The quantitative estimate of drug-likeness (QED) is 0.735. The van der Waals surface area contributed by atoms with Gasteiger partial charge in [-0.15, -0.1) is 0 Å². The van der Waals surface area contributed by atoms with Crippen molar-refractivity contribution in [3.05, 3.63) is 60.1 Å². The van der Waals surface area contributed by atoms with Gasteiger partial charge >= 0.3 is 6.18 Å². The first-order valence-corrected chi connectivity index (χ1v) is 6.71. The maximum absolute atomic E-state index is 13.3. The zero-order valence-corrected chi connectivity index (χ0v) is 11.9. The summed E-state index contributed by atoms with van der Waals surface area (Å²) in [6.45, 7) is 0. The van der Waals surface area contributed by atoms with Crippen molar-refractivity contribution < 1.29 is 31.6 Å². The lowest BCUT2D eigenvalue weighted by atomic mass is 9.95. The number of halogens is 4. The molecule has 0 radical (unpaired) electrons. The van der Waals surface area contributed by atoms with Crippen molar-refractivity contribution in [2.45, 2.75) is 18.2 Å². The van der Waals surface area contributed by atoms with E-state index in [4.69, 9.17) is 8.94 Å². The van der Waals surface area contributed by atoms with E-state index in [9.17, 15) is 22.7 Å². The van der Waals surface area contributed by atoms with Crippen LogP contribution in [0.4, 0.5) is 17.6 Å². The van der Waals surface area contributed by atoms with Gasteiger partial charge in [0.05, 0.1) is 12.7 Å². The lowest BCUT2D eigenvalue weighted by Crippen LogP contribution is -2.44. The summed E-state index contributed by atoms with van der Waals surface area (Å²) in [6, 6.07) is 7.22.